The molecule has 30 nitrogen and oxygen atoms in total. The van der Waals surface area contributed by atoms with Gasteiger partial charge in [0.15, 0.2) is 0 Å². The van der Waals surface area contributed by atoms with E-state index in [1.165, 1.54) is 95.6 Å². The largest absolute Gasteiger partial charge is 0.506 e. The van der Waals surface area contributed by atoms with Gasteiger partial charge in [-0.3, -0.25) is 47.6 Å². The van der Waals surface area contributed by atoms with Crippen molar-refractivity contribution in [2.75, 3.05) is 52.4 Å². The van der Waals surface area contributed by atoms with Crippen molar-refractivity contribution in [2.24, 2.45) is 0 Å². The molecule has 130 heavy (non-hydrogen) atoms. The third-order valence-corrected chi connectivity index (χ3v) is 32.2. The lowest BCUT2D eigenvalue weighted by atomic mass is 10.1. The predicted octanol–water partition coefficient (Wildman–Crippen LogP) is 18.5. The third-order valence-electron chi connectivity index (χ3n) is 17.7. The highest BCUT2D eigenvalue weighted by Crippen LogP contribution is 2.47. The molecular formula is C86H69ClFN5O25S12. The molecule has 0 atom stereocenters. The summed E-state index contributed by atoms with van der Waals surface area (Å²) < 4.78 is 152. The minimum Gasteiger partial charge on any atom is -0.506 e. The highest BCUT2D eigenvalue weighted by Gasteiger charge is 2.27. The molecule has 0 bridgehead atoms. The summed E-state index contributed by atoms with van der Waals surface area (Å²) in [7, 11) is -19.3. The lowest BCUT2D eigenvalue weighted by Crippen LogP contribution is -2.13. The number of aliphatic carboxylic acids is 5. The number of aromatic hydroxyl groups is 5. The Hall–Kier alpha value is -12.4. The van der Waals surface area contributed by atoms with Gasteiger partial charge in [0.05, 0.1) is 101 Å². The zero-order chi connectivity index (χ0) is 94.0. The summed E-state index contributed by atoms with van der Waals surface area (Å²) in [6.07, 6.45) is 0. The van der Waals surface area contributed by atoms with E-state index in [1.807, 2.05) is 0 Å². The summed E-state index contributed by atoms with van der Waals surface area (Å²) in [5.74, 6) is -7.50. The van der Waals surface area contributed by atoms with Crippen LogP contribution >= 0.6 is 93.1 Å². The first-order chi connectivity index (χ1) is 61.7. The standard InChI is InChI=1S/C18H14ClNO5S2.C18H14FNO5S2.C18H15NO5S2.2C16H13NO5S3/c2*19-11-5-7-12(8-6-11)27(24,25)20-15-9-16(26-10-17(21)22)18(23)14-4-2-1-3-13(14)15;20-17(21)11-25-16-10-15(13-8-4-5-9-14(13)18(16)22)19-26(23,24)12-6-2-1-3-7-12;18-14(19)9-24-13-8-12(10-4-1-2-5-11(10)16(13)20)17-25(21,22)15-6-3-7-23-15;18-15(19)9-24-14-7-13(11-3-1-2-4-12(11)16(14)20)17-25(21,22)10-5-6-23-8-10/h2*1-9,20,23H,10H2,(H,21,22);1-10,19,22H,11H2,(H,20,21);2*1-8,17,20H,9H2,(H,18,19). The zero-order valence-electron chi connectivity index (χ0n) is 66.2. The van der Waals surface area contributed by atoms with Crippen LogP contribution in [0.2, 0.25) is 5.02 Å². The molecule has 2 heterocycles. The Morgan fingerprint density at radius 3 is 0.792 bits per heavy atom. The maximum atomic E-state index is 13.1. The van der Waals surface area contributed by atoms with Crippen LogP contribution < -0.4 is 23.6 Å². The van der Waals surface area contributed by atoms with Crippen molar-refractivity contribution in [3.63, 3.8) is 0 Å². The Morgan fingerprint density at radius 1 is 0.292 bits per heavy atom. The number of hydrogen-bond donors (Lipinski definition) is 15. The zero-order valence-corrected chi connectivity index (χ0v) is 76.7. The van der Waals surface area contributed by atoms with Crippen LogP contribution in [-0.4, -0.2) is 152 Å². The second kappa shape index (κ2) is 43.4. The topological polar surface area (TPSA) is 518 Å². The summed E-state index contributed by atoms with van der Waals surface area (Å²) in [4.78, 5) is 55.7. The number of nitrogens with one attached hydrogen (secondary N) is 5. The van der Waals surface area contributed by atoms with Crippen LogP contribution in [0.15, 0.2) is 313 Å². The molecular weight excluding hydrogens is 1940 g/mol. The smallest absolute Gasteiger partial charge is 0.313 e. The first-order valence-corrected chi connectivity index (χ1v) is 51.5. The van der Waals surface area contributed by atoms with E-state index >= 15 is 0 Å². The maximum absolute atomic E-state index is 13.1. The maximum Gasteiger partial charge on any atom is 0.313 e. The molecule has 0 spiro atoms. The van der Waals surface area contributed by atoms with Gasteiger partial charge < -0.3 is 51.1 Å². The molecule has 0 aliphatic rings. The Bertz CT molecular complexity index is 7040. The molecule has 15 aromatic rings. The number of phenols is 5. The van der Waals surface area contributed by atoms with Gasteiger partial charge in [-0.15, -0.1) is 70.1 Å². The molecule has 2 aromatic heterocycles. The van der Waals surface area contributed by atoms with Crippen molar-refractivity contribution in [1.82, 2.24) is 0 Å². The van der Waals surface area contributed by atoms with Gasteiger partial charge in [-0.25, -0.2) is 46.5 Å². The molecule has 0 fully saturated rings. The number of sulfonamides is 5. The number of phenolic OH excluding ortho intramolecular Hbond substituents is 5. The number of fused-ring (bicyclic) bond motifs is 5. The van der Waals surface area contributed by atoms with Crippen molar-refractivity contribution in [1.29, 1.82) is 0 Å². The summed E-state index contributed by atoms with van der Waals surface area (Å²) >= 11 is 12.7. The second-order valence-corrected chi connectivity index (χ2v) is 42.5. The summed E-state index contributed by atoms with van der Waals surface area (Å²) in [6, 6.07) is 63.4. The van der Waals surface area contributed by atoms with E-state index in [2.05, 4.69) is 23.6 Å². The molecule has 674 valence electrons. The molecule has 0 unspecified atom stereocenters. The minimum absolute atomic E-state index is 0.0313. The molecule has 13 aromatic carbocycles. The number of thioether (sulfide) groups is 5. The Morgan fingerprint density at radius 2 is 0.538 bits per heavy atom. The number of carbonyl (C=O) groups is 5. The minimum atomic E-state index is -4.01. The van der Waals surface area contributed by atoms with Crippen LogP contribution in [0.5, 0.6) is 28.7 Å². The van der Waals surface area contributed by atoms with Gasteiger partial charge >= 0.3 is 29.8 Å². The van der Waals surface area contributed by atoms with Crippen LogP contribution in [-0.2, 0) is 74.1 Å². The number of thiophene rings is 2. The van der Waals surface area contributed by atoms with E-state index in [0.717, 1.165) is 94.4 Å². The number of benzene rings is 13. The lowest BCUT2D eigenvalue weighted by Gasteiger charge is -2.14. The quantitative estimate of drug-likeness (QED) is 0.0147. The van der Waals surface area contributed by atoms with Gasteiger partial charge in [0.25, 0.3) is 50.1 Å². The third kappa shape index (κ3) is 25.4. The number of anilines is 5. The molecule has 0 radical (unpaired) electrons. The Kier molecular flexibility index (Phi) is 32.8. The van der Waals surface area contributed by atoms with Gasteiger partial charge in [0.2, 0.25) is 0 Å². The number of carboxylic acid groups (broad SMARTS) is 5. The highest BCUT2D eigenvalue weighted by molar-refractivity contribution is 8.01. The first kappa shape index (κ1) is 98.2. The molecule has 0 aliphatic heterocycles. The monoisotopic (exact) mass is 2010 g/mol. The molecule has 0 aliphatic carbocycles. The second-order valence-electron chi connectivity index (χ2n) is 26.6. The average Bonchev–Trinajstić information content (AvgIpc) is 0.843. The van der Waals surface area contributed by atoms with Crippen LogP contribution in [0.4, 0.5) is 32.8 Å². The number of halogens is 2. The van der Waals surface area contributed by atoms with Crippen molar-refractivity contribution in [3.05, 3.63) is 276 Å². The van der Waals surface area contributed by atoms with Crippen molar-refractivity contribution in [2.45, 2.75) is 48.3 Å². The van der Waals surface area contributed by atoms with E-state index in [9.17, 15) is 96.0 Å². The van der Waals surface area contributed by atoms with E-state index in [0.29, 0.717) is 68.7 Å². The fourth-order valence-corrected chi connectivity index (χ4v) is 23.2. The van der Waals surface area contributed by atoms with Crippen LogP contribution in [0.3, 0.4) is 0 Å². The molecule has 44 heteroatoms. The Labute approximate surface area is 775 Å². The summed E-state index contributed by atoms with van der Waals surface area (Å²) in [5, 5.41) is 106. The molecule has 15 N–H and O–H groups in total. The molecule has 0 saturated heterocycles. The fourth-order valence-electron chi connectivity index (χ4n) is 12.0. The Balaban J connectivity index is 0.000000157. The van der Waals surface area contributed by atoms with Crippen molar-refractivity contribution < 1.29 is 122 Å². The average molecular weight is 2010 g/mol. The van der Waals surface area contributed by atoms with E-state index < -0.39 is 85.8 Å². The number of hydrogen-bond acceptors (Lipinski definition) is 27. The summed E-state index contributed by atoms with van der Waals surface area (Å²) in [6.45, 7) is 0. The van der Waals surface area contributed by atoms with E-state index in [4.69, 9.17) is 37.1 Å². The number of carboxylic acids is 5. The predicted molar refractivity (Wildman–Crippen MR) is 507 cm³/mol. The van der Waals surface area contributed by atoms with Gasteiger partial charge in [0.1, 0.15) is 38.8 Å². The fraction of sp³-hybridized carbons (Fsp3) is 0.0581. The molecule has 0 amide bonds. The highest BCUT2D eigenvalue weighted by atomic mass is 35.5. The van der Waals surface area contributed by atoms with Gasteiger partial charge in [-0.2, -0.15) is 11.3 Å². The SMILES string of the molecule is O=C(O)CSc1cc(NS(=O)(=O)c2ccc(Cl)cc2)c2ccccc2c1O.O=C(O)CSc1cc(NS(=O)(=O)c2ccc(F)cc2)c2ccccc2c1O.O=C(O)CSc1cc(NS(=O)(=O)c2ccccc2)c2ccccc2c1O.O=C(O)CSc1cc(NS(=O)(=O)c2cccs2)c2ccccc2c1O.O=C(O)CSc1cc(NS(=O)(=O)c2ccsc2)c2ccccc2c1O. The normalized spacial score (nSPS) is 11.5. The van der Waals surface area contributed by atoms with Crippen LogP contribution in [0.25, 0.3) is 53.9 Å². The van der Waals surface area contributed by atoms with Crippen molar-refractivity contribution >= 4 is 255 Å². The van der Waals surface area contributed by atoms with Gasteiger partial charge in [-0.05, 0) is 114 Å². The lowest BCUT2D eigenvalue weighted by molar-refractivity contribution is -0.134. The van der Waals surface area contributed by atoms with Gasteiger partial charge in [-0.1, -0.05) is 157 Å². The molecule has 15 rings (SSSR count). The van der Waals surface area contributed by atoms with Crippen LogP contribution in [0, 0.1) is 5.82 Å². The summed E-state index contributed by atoms with van der Waals surface area (Å²) in [5.41, 5.74) is 1.27. The first-order valence-electron chi connectivity index (χ1n) is 36.9. The van der Waals surface area contributed by atoms with Crippen LogP contribution in [0.1, 0.15) is 0 Å². The van der Waals surface area contributed by atoms with Crippen molar-refractivity contribution in [3.8, 4) is 28.7 Å². The number of rotatable bonds is 30. The van der Waals surface area contributed by atoms with E-state index in [-0.39, 0.29) is 124 Å². The van der Waals surface area contributed by atoms with E-state index in [1.54, 1.807) is 156 Å². The molecule has 0 saturated carbocycles. The van der Waals surface area contributed by atoms with Gasteiger partial charge in [0, 0.05) is 64.3 Å².